The summed E-state index contributed by atoms with van der Waals surface area (Å²) in [5.74, 6) is 0. The zero-order valence-corrected chi connectivity index (χ0v) is 14.7. The first-order chi connectivity index (χ1) is 9.90. The van der Waals surface area contributed by atoms with Gasteiger partial charge in [-0.15, -0.1) is 0 Å². The van der Waals surface area contributed by atoms with Crippen LogP contribution >= 0.6 is 15.9 Å². The van der Waals surface area contributed by atoms with Crippen LogP contribution in [0, 0.1) is 0 Å². The molecular formula is C17H25BrN2O. The summed E-state index contributed by atoms with van der Waals surface area (Å²) in [6, 6.07) is 8.50. The normalized spacial score (nSPS) is 16.6. The Morgan fingerprint density at radius 3 is 2.57 bits per heavy atom. The molecule has 1 N–H and O–H groups in total. The van der Waals surface area contributed by atoms with Crippen LogP contribution in [0.25, 0.3) is 0 Å². The molecule has 0 bridgehead atoms. The largest absolute Gasteiger partial charge is 0.329 e. The van der Waals surface area contributed by atoms with Gasteiger partial charge in [0.2, 0.25) is 0 Å². The summed E-state index contributed by atoms with van der Waals surface area (Å²) in [4.78, 5) is 14.4. The van der Waals surface area contributed by atoms with E-state index in [1.807, 2.05) is 44.0 Å². The standard InChI is InChI=1S/C17H25BrN2O/c1-17(2,13-8-7-9-14(18)12-13)19-16(21)20(3)15-10-5-4-6-11-15/h7-9,12,15H,4-6,10-11H2,1-3H3,(H,19,21). The third-order valence-corrected chi connectivity index (χ3v) is 4.90. The van der Waals surface area contributed by atoms with Crippen molar-refractivity contribution >= 4 is 22.0 Å². The minimum Gasteiger partial charge on any atom is -0.329 e. The van der Waals surface area contributed by atoms with E-state index in [1.54, 1.807) is 0 Å². The van der Waals surface area contributed by atoms with Gasteiger partial charge in [0, 0.05) is 17.6 Å². The molecule has 0 aromatic heterocycles. The number of nitrogens with zero attached hydrogens (tertiary/aromatic N) is 1. The second-order valence-electron chi connectivity index (χ2n) is 6.47. The second kappa shape index (κ2) is 6.82. The van der Waals surface area contributed by atoms with Gasteiger partial charge < -0.3 is 10.2 Å². The number of nitrogens with one attached hydrogen (secondary N) is 1. The fraction of sp³-hybridized carbons (Fsp3) is 0.588. The van der Waals surface area contributed by atoms with Gasteiger partial charge in [0.15, 0.2) is 0 Å². The van der Waals surface area contributed by atoms with Crippen LogP contribution in [0.4, 0.5) is 4.79 Å². The summed E-state index contributed by atoms with van der Waals surface area (Å²) in [6.45, 7) is 4.09. The lowest BCUT2D eigenvalue weighted by Gasteiger charge is -2.35. The summed E-state index contributed by atoms with van der Waals surface area (Å²) in [5.41, 5.74) is 0.714. The molecule has 1 aromatic rings. The first-order valence-corrected chi connectivity index (χ1v) is 8.50. The van der Waals surface area contributed by atoms with Crippen LogP contribution in [0.2, 0.25) is 0 Å². The van der Waals surface area contributed by atoms with Crippen molar-refractivity contribution in [1.29, 1.82) is 0 Å². The number of urea groups is 1. The molecule has 0 radical (unpaired) electrons. The van der Waals surface area contributed by atoms with Gasteiger partial charge in [0.05, 0.1) is 5.54 Å². The van der Waals surface area contributed by atoms with Crippen molar-refractivity contribution in [1.82, 2.24) is 10.2 Å². The fourth-order valence-electron chi connectivity index (χ4n) is 2.94. The number of hydrogen-bond donors (Lipinski definition) is 1. The van der Waals surface area contributed by atoms with Crippen molar-refractivity contribution in [3.8, 4) is 0 Å². The molecule has 2 rings (SSSR count). The van der Waals surface area contributed by atoms with E-state index in [0.29, 0.717) is 6.04 Å². The Morgan fingerprint density at radius 2 is 1.95 bits per heavy atom. The van der Waals surface area contributed by atoms with Crippen molar-refractivity contribution in [3.05, 3.63) is 34.3 Å². The van der Waals surface area contributed by atoms with E-state index in [-0.39, 0.29) is 11.6 Å². The molecule has 1 aromatic carbocycles. The molecule has 3 nitrogen and oxygen atoms in total. The Kier molecular flexibility index (Phi) is 5.31. The SMILES string of the molecule is CN(C(=O)NC(C)(C)c1cccc(Br)c1)C1CCCCC1. The van der Waals surface area contributed by atoms with Gasteiger partial charge in [-0.2, -0.15) is 0 Å². The van der Waals surface area contributed by atoms with Gasteiger partial charge in [0.25, 0.3) is 0 Å². The first kappa shape index (κ1) is 16.3. The molecule has 116 valence electrons. The van der Waals surface area contributed by atoms with Gasteiger partial charge in [-0.3, -0.25) is 0 Å². The third-order valence-electron chi connectivity index (χ3n) is 4.41. The number of benzene rings is 1. The maximum absolute atomic E-state index is 12.5. The molecule has 0 heterocycles. The lowest BCUT2D eigenvalue weighted by molar-refractivity contribution is 0.164. The molecule has 1 fully saturated rings. The molecule has 21 heavy (non-hydrogen) atoms. The van der Waals surface area contributed by atoms with Crippen molar-refractivity contribution < 1.29 is 4.79 Å². The lowest BCUT2D eigenvalue weighted by atomic mass is 9.93. The highest BCUT2D eigenvalue weighted by Gasteiger charge is 2.28. The molecule has 2 amide bonds. The minimum absolute atomic E-state index is 0.0203. The van der Waals surface area contributed by atoms with Gasteiger partial charge in [0.1, 0.15) is 0 Å². The van der Waals surface area contributed by atoms with Crippen LogP contribution in [-0.2, 0) is 5.54 Å². The second-order valence-corrected chi connectivity index (χ2v) is 7.38. The van der Waals surface area contributed by atoms with Gasteiger partial charge in [-0.25, -0.2) is 4.79 Å². The van der Waals surface area contributed by atoms with Crippen molar-refractivity contribution in [2.24, 2.45) is 0 Å². The average molecular weight is 353 g/mol. The Hall–Kier alpha value is -1.03. The summed E-state index contributed by atoms with van der Waals surface area (Å²) in [7, 11) is 1.92. The molecule has 0 atom stereocenters. The molecule has 1 saturated carbocycles. The molecule has 0 unspecified atom stereocenters. The molecule has 0 saturated heterocycles. The number of rotatable bonds is 3. The van der Waals surface area contributed by atoms with E-state index < -0.39 is 0 Å². The number of carbonyl (C=O) groups excluding carboxylic acids is 1. The lowest BCUT2D eigenvalue weighted by Crippen LogP contribution is -2.50. The molecule has 4 heteroatoms. The Balaban J connectivity index is 2.03. The zero-order valence-electron chi connectivity index (χ0n) is 13.2. The number of hydrogen-bond acceptors (Lipinski definition) is 1. The van der Waals surface area contributed by atoms with E-state index in [0.717, 1.165) is 22.9 Å². The molecular weight excluding hydrogens is 328 g/mol. The highest BCUT2D eigenvalue weighted by molar-refractivity contribution is 9.10. The predicted octanol–water partition coefficient (Wildman–Crippen LogP) is 4.66. The third kappa shape index (κ3) is 4.22. The van der Waals surface area contributed by atoms with Crippen LogP contribution in [-0.4, -0.2) is 24.0 Å². The number of carbonyl (C=O) groups is 1. The van der Waals surface area contributed by atoms with Crippen LogP contribution in [0.15, 0.2) is 28.7 Å². The Bertz CT molecular complexity index is 495. The van der Waals surface area contributed by atoms with Crippen LogP contribution in [0.3, 0.4) is 0 Å². The monoisotopic (exact) mass is 352 g/mol. The van der Waals surface area contributed by atoms with Crippen LogP contribution < -0.4 is 5.32 Å². The quantitative estimate of drug-likeness (QED) is 0.842. The van der Waals surface area contributed by atoms with E-state index in [4.69, 9.17) is 0 Å². The Morgan fingerprint density at radius 1 is 1.29 bits per heavy atom. The van der Waals surface area contributed by atoms with Crippen molar-refractivity contribution in [2.75, 3.05) is 7.05 Å². The van der Waals surface area contributed by atoms with Gasteiger partial charge in [-0.05, 0) is 44.4 Å². The van der Waals surface area contributed by atoms with Gasteiger partial charge in [-0.1, -0.05) is 47.3 Å². The summed E-state index contributed by atoms with van der Waals surface area (Å²) in [6.07, 6.45) is 6.02. The highest BCUT2D eigenvalue weighted by atomic mass is 79.9. The van der Waals surface area contributed by atoms with Crippen LogP contribution in [0.5, 0.6) is 0 Å². The molecule has 0 spiro atoms. The summed E-state index contributed by atoms with van der Waals surface area (Å²) < 4.78 is 1.03. The maximum atomic E-state index is 12.5. The number of halogens is 1. The van der Waals surface area contributed by atoms with Crippen molar-refractivity contribution in [3.63, 3.8) is 0 Å². The smallest absolute Gasteiger partial charge is 0.318 e. The fourth-order valence-corrected chi connectivity index (χ4v) is 3.34. The van der Waals surface area contributed by atoms with E-state index in [9.17, 15) is 4.79 Å². The number of amides is 2. The molecule has 1 aliphatic carbocycles. The molecule has 1 aliphatic rings. The van der Waals surface area contributed by atoms with Crippen molar-refractivity contribution in [2.45, 2.75) is 57.5 Å². The van der Waals surface area contributed by atoms with E-state index in [2.05, 4.69) is 27.3 Å². The van der Waals surface area contributed by atoms with E-state index in [1.165, 1.54) is 19.3 Å². The average Bonchev–Trinajstić information content (AvgIpc) is 2.47. The molecule has 0 aliphatic heterocycles. The zero-order chi connectivity index (χ0) is 15.5. The summed E-state index contributed by atoms with van der Waals surface area (Å²) >= 11 is 3.49. The minimum atomic E-state index is -0.385. The van der Waals surface area contributed by atoms with Gasteiger partial charge >= 0.3 is 6.03 Å². The maximum Gasteiger partial charge on any atom is 0.318 e. The topological polar surface area (TPSA) is 32.3 Å². The predicted molar refractivity (Wildman–Crippen MR) is 90.3 cm³/mol. The first-order valence-electron chi connectivity index (χ1n) is 7.71. The summed E-state index contributed by atoms with van der Waals surface area (Å²) in [5, 5.41) is 3.16. The van der Waals surface area contributed by atoms with Crippen LogP contribution in [0.1, 0.15) is 51.5 Å². The Labute approximate surface area is 136 Å². The highest BCUT2D eigenvalue weighted by Crippen LogP contribution is 2.25. The van der Waals surface area contributed by atoms with E-state index >= 15 is 0 Å².